The van der Waals surface area contributed by atoms with Crippen LogP contribution < -0.4 is 5.73 Å². The summed E-state index contributed by atoms with van der Waals surface area (Å²) in [7, 11) is 0. The summed E-state index contributed by atoms with van der Waals surface area (Å²) in [6.45, 7) is 3.87. The maximum Gasteiger partial charge on any atom is 0.174 e. The summed E-state index contributed by atoms with van der Waals surface area (Å²) in [5.41, 5.74) is 6.96. The minimum atomic E-state index is 0.0501. The predicted molar refractivity (Wildman–Crippen MR) is 75.5 cm³/mol. The van der Waals surface area contributed by atoms with Crippen LogP contribution in [0.15, 0.2) is 31.9 Å². The maximum absolute atomic E-state index is 5.84. The van der Waals surface area contributed by atoms with Crippen molar-refractivity contribution < 1.29 is 0 Å². The lowest BCUT2D eigenvalue weighted by atomic mass is 10.1. The molecule has 2 rings (SSSR count). The molecule has 17 heavy (non-hydrogen) atoms. The van der Waals surface area contributed by atoms with Crippen molar-refractivity contribution in [3.05, 3.63) is 34.1 Å². The molecule has 1 aromatic heterocycles. The van der Waals surface area contributed by atoms with E-state index in [9.17, 15) is 0 Å². The predicted octanol–water partition coefficient (Wildman–Crippen LogP) is 3.78. The van der Waals surface area contributed by atoms with Crippen molar-refractivity contribution in [2.45, 2.75) is 29.1 Å². The molecule has 0 amide bonds. The van der Waals surface area contributed by atoms with Gasteiger partial charge in [0.1, 0.15) is 5.82 Å². The van der Waals surface area contributed by atoms with Gasteiger partial charge < -0.3 is 5.73 Å². The number of aromatic nitrogens is 2. The van der Waals surface area contributed by atoms with Crippen LogP contribution in [-0.2, 0) is 0 Å². The number of rotatable bonds is 3. The Labute approximate surface area is 117 Å². The second kappa shape index (κ2) is 5.48. The van der Waals surface area contributed by atoms with Gasteiger partial charge in [0.15, 0.2) is 4.34 Å². The van der Waals surface area contributed by atoms with Crippen molar-refractivity contribution >= 4 is 39.2 Å². The van der Waals surface area contributed by atoms with Crippen LogP contribution in [0, 0.1) is 6.92 Å². The molecule has 2 aromatic rings. The van der Waals surface area contributed by atoms with Gasteiger partial charge in [0.25, 0.3) is 0 Å². The van der Waals surface area contributed by atoms with Gasteiger partial charge in [-0.25, -0.2) is 4.98 Å². The van der Waals surface area contributed by atoms with Gasteiger partial charge in [-0.15, -0.1) is 0 Å². The number of nitrogens with zero attached hydrogens (tertiary/aromatic N) is 2. The Morgan fingerprint density at radius 3 is 2.76 bits per heavy atom. The first-order valence-electron chi connectivity index (χ1n) is 5.09. The van der Waals surface area contributed by atoms with Crippen LogP contribution in [0.1, 0.15) is 24.4 Å². The number of halogens is 1. The standard InChI is InChI=1S/C11H12BrN3S2/c1-6(13)8-3-4-10(9(12)5-8)16-11-14-7(2)15-17-11/h3-6H,13H2,1-2H3. The normalized spacial score (nSPS) is 12.7. The van der Waals surface area contributed by atoms with Crippen LogP contribution in [0.2, 0.25) is 0 Å². The fraction of sp³-hybridized carbons (Fsp3) is 0.273. The molecular formula is C11H12BrN3S2. The highest BCUT2D eigenvalue weighted by atomic mass is 79.9. The summed E-state index contributed by atoms with van der Waals surface area (Å²) >= 11 is 6.59. The molecule has 0 radical (unpaired) electrons. The molecule has 0 aliphatic carbocycles. The van der Waals surface area contributed by atoms with E-state index in [1.54, 1.807) is 11.8 Å². The molecule has 6 heteroatoms. The molecular weight excluding hydrogens is 318 g/mol. The monoisotopic (exact) mass is 329 g/mol. The van der Waals surface area contributed by atoms with Gasteiger partial charge in [-0.3, -0.25) is 0 Å². The minimum absolute atomic E-state index is 0.0501. The van der Waals surface area contributed by atoms with Gasteiger partial charge >= 0.3 is 0 Å². The van der Waals surface area contributed by atoms with Gasteiger partial charge in [-0.1, -0.05) is 17.8 Å². The number of benzene rings is 1. The molecule has 0 saturated heterocycles. The quantitative estimate of drug-likeness (QED) is 0.930. The molecule has 1 atom stereocenters. The van der Waals surface area contributed by atoms with Crippen molar-refractivity contribution in [2.75, 3.05) is 0 Å². The van der Waals surface area contributed by atoms with Gasteiger partial charge in [0.2, 0.25) is 0 Å². The molecule has 1 heterocycles. The van der Waals surface area contributed by atoms with Gasteiger partial charge in [-0.05, 0) is 59.0 Å². The fourth-order valence-corrected chi connectivity index (χ4v) is 3.55. The molecule has 0 spiro atoms. The highest BCUT2D eigenvalue weighted by Gasteiger charge is 2.08. The van der Waals surface area contributed by atoms with Crippen molar-refractivity contribution in [1.29, 1.82) is 0 Å². The average molecular weight is 330 g/mol. The van der Waals surface area contributed by atoms with E-state index in [1.165, 1.54) is 11.5 Å². The topological polar surface area (TPSA) is 51.8 Å². The molecule has 0 aliphatic rings. The summed E-state index contributed by atoms with van der Waals surface area (Å²) in [6.07, 6.45) is 0. The lowest BCUT2D eigenvalue weighted by molar-refractivity contribution is 0.815. The number of nitrogens with two attached hydrogens (primary N) is 1. The smallest absolute Gasteiger partial charge is 0.174 e. The third-order valence-electron chi connectivity index (χ3n) is 2.19. The van der Waals surface area contributed by atoms with E-state index in [0.717, 1.165) is 25.1 Å². The molecule has 1 aromatic carbocycles. The lowest BCUT2D eigenvalue weighted by Gasteiger charge is -2.08. The summed E-state index contributed by atoms with van der Waals surface area (Å²) in [5, 5.41) is 0. The molecule has 0 aliphatic heterocycles. The van der Waals surface area contributed by atoms with Crippen molar-refractivity contribution in [3.8, 4) is 0 Å². The zero-order chi connectivity index (χ0) is 12.4. The summed E-state index contributed by atoms with van der Waals surface area (Å²) in [4.78, 5) is 5.46. The van der Waals surface area contributed by atoms with E-state index in [4.69, 9.17) is 5.73 Å². The lowest BCUT2D eigenvalue weighted by Crippen LogP contribution is -2.04. The third-order valence-corrected chi connectivity index (χ3v) is 5.02. The molecule has 90 valence electrons. The first kappa shape index (κ1) is 13.0. The Hall–Kier alpha value is -0.430. The number of hydrogen-bond acceptors (Lipinski definition) is 5. The van der Waals surface area contributed by atoms with Gasteiger partial charge in [-0.2, -0.15) is 4.37 Å². The van der Waals surface area contributed by atoms with Crippen LogP contribution in [-0.4, -0.2) is 9.36 Å². The second-order valence-electron chi connectivity index (χ2n) is 3.69. The summed E-state index contributed by atoms with van der Waals surface area (Å²) in [6, 6.07) is 6.21. The van der Waals surface area contributed by atoms with Crippen LogP contribution in [0.3, 0.4) is 0 Å². The maximum atomic E-state index is 5.84. The second-order valence-corrected chi connectivity index (χ2v) is 6.58. The van der Waals surface area contributed by atoms with Crippen LogP contribution >= 0.6 is 39.2 Å². The Balaban J connectivity index is 2.22. The Morgan fingerprint density at radius 1 is 1.47 bits per heavy atom. The third kappa shape index (κ3) is 3.28. The zero-order valence-corrected chi connectivity index (χ0v) is 12.7. The molecule has 0 fully saturated rings. The van der Waals surface area contributed by atoms with Gasteiger partial charge in [0, 0.05) is 15.4 Å². The molecule has 0 bridgehead atoms. The van der Waals surface area contributed by atoms with Crippen molar-refractivity contribution in [3.63, 3.8) is 0 Å². The molecule has 2 N–H and O–H groups in total. The largest absolute Gasteiger partial charge is 0.324 e. The Kier molecular flexibility index (Phi) is 4.19. The first-order chi connectivity index (χ1) is 8.06. The molecule has 3 nitrogen and oxygen atoms in total. The van der Waals surface area contributed by atoms with Crippen molar-refractivity contribution in [2.24, 2.45) is 5.73 Å². The number of hydrogen-bond donors (Lipinski definition) is 1. The van der Waals surface area contributed by atoms with Crippen LogP contribution in [0.5, 0.6) is 0 Å². The molecule has 0 saturated carbocycles. The van der Waals surface area contributed by atoms with E-state index in [-0.39, 0.29) is 6.04 Å². The number of aryl methyl sites for hydroxylation is 1. The van der Waals surface area contributed by atoms with E-state index in [2.05, 4.69) is 37.4 Å². The fourth-order valence-electron chi connectivity index (χ4n) is 1.30. The molecule has 1 unspecified atom stereocenters. The summed E-state index contributed by atoms with van der Waals surface area (Å²) < 4.78 is 6.16. The van der Waals surface area contributed by atoms with Crippen LogP contribution in [0.25, 0.3) is 0 Å². The SMILES string of the molecule is Cc1nsc(Sc2ccc(C(C)N)cc2Br)n1. The summed E-state index contributed by atoms with van der Waals surface area (Å²) in [5.74, 6) is 0.820. The van der Waals surface area contributed by atoms with E-state index in [1.807, 2.05) is 19.9 Å². The highest BCUT2D eigenvalue weighted by Crippen LogP contribution is 2.35. The van der Waals surface area contributed by atoms with Gasteiger partial charge in [0.05, 0.1) is 0 Å². The van der Waals surface area contributed by atoms with Crippen LogP contribution in [0.4, 0.5) is 0 Å². The highest BCUT2D eigenvalue weighted by molar-refractivity contribution is 9.10. The first-order valence-corrected chi connectivity index (χ1v) is 7.48. The Bertz CT molecular complexity index is 525. The van der Waals surface area contributed by atoms with Crippen molar-refractivity contribution in [1.82, 2.24) is 9.36 Å². The van der Waals surface area contributed by atoms with E-state index < -0.39 is 0 Å². The van der Waals surface area contributed by atoms with E-state index >= 15 is 0 Å². The Morgan fingerprint density at radius 2 is 2.24 bits per heavy atom. The van der Waals surface area contributed by atoms with E-state index in [0.29, 0.717) is 0 Å². The average Bonchev–Trinajstić information content (AvgIpc) is 2.67. The minimum Gasteiger partial charge on any atom is -0.324 e. The zero-order valence-electron chi connectivity index (χ0n) is 9.48.